The summed E-state index contributed by atoms with van der Waals surface area (Å²) in [6.07, 6.45) is 0. The topological polar surface area (TPSA) is 77.4 Å². The number of piperazine rings is 1. The van der Waals surface area contributed by atoms with E-state index in [9.17, 15) is 9.90 Å². The van der Waals surface area contributed by atoms with Crippen LogP contribution in [0, 0.1) is 5.92 Å². The van der Waals surface area contributed by atoms with Crippen molar-refractivity contribution in [3.63, 3.8) is 0 Å². The summed E-state index contributed by atoms with van der Waals surface area (Å²) in [5.41, 5.74) is 0.861. The number of benzene rings is 1. The molecule has 1 atom stereocenters. The van der Waals surface area contributed by atoms with Crippen molar-refractivity contribution < 1.29 is 14.6 Å². The Morgan fingerprint density at radius 1 is 1.33 bits per heavy atom. The summed E-state index contributed by atoms with van der Waals surface area (Å²) in [5, 5.41) is 13.2. The molecule has 1 saturated heterocycles. The lowest BCUT2D eigenvalue weighted by atomic mass is 10.2. The van der Waals surface area contributed by atoms with Crippen molar-refractivity contribution in [3.8, 4) is 5.75 Å². The number of esters is 1. The summed E-state index contributed by atoms with van der Waals surface area (Å²) in [7, 11) is 3.13. The molecular formula is C17H26N4O3. The first kappa shape index (κ1) is 17.9. The van der Waals surface area contributed by atoms with Gasteiger partial charge in [0.05, 0.1) is 18.7 Å². The number of nitrogens with zero attached hydrogens (tertiary/aromatic N) is 3. The van der Waals surface area contributed by atoms with Crippen LogP contribution in [-0.2, 0) is 9.53 Å². The van der Waals surface area contributed by atoms with Gasteiger partial charge in [0, 0.05) is 39.8 Å². The summed E-state index contributed by atoms with van der Waals surface area (Å²) in [6.45, 7) is 5.48. The van der Waals surface area contributed by atoms with Gasteiger partial charge in [-0.25, -0.2) is 0 Å². The molecular weight excluding hydrogens is 308 g/mol. The van der Waals surface area contributed by atoms with Gasteiger partial charge in [-0.15, -0.1) is 0 Å². The van der Waals surface area contributed by atoms with Gasteiger partial charge in [-0.2, -0.15) is 0 Å². The van der Waals surface area contributed by atoms with Gasteiger partial charge in [0.2, 0.25) is 0 Å². The van der Waals surface area contributed by atoms with Crippen LogP contribution in [0.1, 0.15) is 6.92 Å². The zero-order valence-corrected chi connectivity index (χ0v) is 14.5. The van der Waals surface area contributed by atoms with Crippen molar-refractivity contribution in [2.45, 2.75) is 6.92 Å². The van der Waals surface area contributed by atoms with Crippen LogP contribution >= 0.6 is 0 Å². The fourth-order valence-corrected chi connectivity index (χ4v) is 2.75. The predicted octanol–water partition coefficient (Wildman–Crippen LogP) is 0.899. The first-order valence-electron chi connectivity index (χ1n) is 8.13. The van der Waals surface area contributed by atoms with Gasteiger partial charge in [0.1, 0.15) is 5.75 Å². The van der Waals surface area contributed by atoms with E-state index in [1.807, 2.05) is 25.1 Å². The second kappa shape index (κ2) is 8.42. The van der Waals surface area contributed by atoms with Gasteiger partial charge >= 0.3 is 5.97 Å². The summed E-state index contributed by atoms with van der Waals surface area (Å²) in [5.74, 6) is 0.625. The second-order valence-corrected chi connectivity index (χ2v) is 5.82. The Morgan fingerprint density at radius 2 is 2.00 bits per heavy atom. The number of rotatable bonds is 4. The Labute approximate surface area is 142 Å². The Morgan fingerprint density at radius 3 is 2.58 bits per heavy atom. The molecule has 0 amide bonds. The van der Waals surface area contributed by atoms with Crippen molar-refractivity contribution >= 4 is 17.6 Å². The van der Waals surface area contributed by atoms with Crippen LogP contribution in [-0.4, -0.2) is 68.8 Å². The number of carbonyl (C=O) groups is 1. The molecule has 0 saturated carbocycles. The van der Waals surface area contributed by atoms with Crippen molar-refractivity contribution in [1.82, 2.24) is 10.2 Å². The number of aliphatic imine (C=N–C) groups is 1. The summed E-state index contributed by atoms with van der Waals surface area (Å²) >= 11 is 0. The highest BCUT2D eigenvalue weighted by molar-refractivity contribution is 5.81. The molecule has 0 spiro atoms. The lowest BCUT2D eigenvalue weighted by Crippen LogP contribution is -2.53. The highest BCUT2D eigenvalue weighted by atomic mass is 16.5. The van der Waals surface area contributed by atoms with Gasteiger partial charge < -0.3 is 25.0 Å². The van der Waals surface area contributed by atoms with Crippen LogP contribution in [0.5, 0.6) is 5.75 Å². The number of phenols is 1. The molecule has 0 aromatic heterocycles. The number of aromatic hydroxyl groups is 1. The number of para-hydroxylation sites is 2. The number of phenolic OH excluding ortho intramolecular Hbond substituents is 1. The number of guanidine groups is 1. The number of methoxy groups -OCH3 is 1. The molecule has 1 aromatic rings. The number of carbonyl (C=O) groups excluding carboxylic acids is 1. The maximum Gasteiger partial charge on any atom is 0.310 e. The monoisotopic (exact) mass is 334 g/mol. The average Bonchev–Trinajstić information content (AvgIpc) is 2.62. The van der Waals surface area contributed by atoms with E-state index < -0.39 is 0 Å². The molecule has 2 N–H and O–H groups in total. The van der Waals surface area contributed by atoms with Crippen LogP contribution < -0.4 is 10.2 Å². The smallest absolute Gasteiger partial charge is 0.310 e. The quantitative estimate of drug-likeness (QED) is 0.484. The van der Waals surface area contributed by atoms with E-state index >= 15 is 0 Å². The van der Waals surface area contributed by atoms with E-state index in [4.69, 9.17) is 4.74 Å². The molecule has 1 heterocycles. The number of hydrogen-bond donors (Lipinski definition) is 2. The van der Waals surface area contributed by atoms with E-state index in [0.29, 0.717) is 12.3 Å². The first-order valence-corrected chi connectivity index (χ1v) is 8.13. The van der Waals surface area contributed by atoms with Crippen molar-refractivity contribution in [2.75, 3.05) is 51.8 Å². The number of ether oxygens (including phenoxy) is 1. The van der Waals surface area contributed by atoms with E-state index in [0.717, 1.165) is 37.8 Å². The molecule has 0 radical (unpaired) electrons. The largest absolute Gasteiger partial charge is 0.506 e. The molecule has 1 aliphatic rings. The van der Waals surface area contributed by atoms with Gasteiger partial charge in [-0.1, -0.05) is 19.1 Å². The van der Waals surface area contributed by atoms with Crippen LogP contribution in [0.3, 0.4) is 0 Å². The molecule has 1 fully saturated rings. The molecule has 1 aliphatic heterocycles. The van der Waals surface area contributed by atoms with Gasteiger partial charge in [-0.3, -0.25) is 9.79 Å². The third kappa shape index (κ3) is 4.31. The van der Waals surface area contributed by atoms with Crippen molar-refractivity contribution in [1.29, 1.82) is 0 Å². The third-order valence-corrected chi connectivity index (χ3v) is 4.18. The molecule has 24 heavy (non-hydrogen) atoms. The fourth-order valence-electron chi connectivity index (χ4n) is 2.75. The molecule has 0 bridgehead atoms. The molecule has 132 valence electrons. The minimum atomic E-state index is -0.234. The van der Waals surface area contributed by atoms with E-state index in [-0.39, 0.29) is 11.9 Å². The first-order chi connectivity index (χ1) is 11.6. The fraction of sp³-hybridized carbons (Fsp3) is 0.529. The van der Waals surface area contributed by atoms with E-state index in [1.54, 1.807) is 13.1 Å². The predicted molar refractivity (Wildman–Crippen MR) is 94.4 cm³/mol. The third-order valence-electron chi connectivity index (χ3n) is 4.18. The molecule has 7 heteroatoms. The Kier molecular flexibility index (Phi) is 6.28. The van der Waals surface area contributed by atoms with Gasteiger partial charge in [0.25, 0.3) is 0 Å². The average molecular weight is 334 g/mol. The zero-order chi connectivity index (χ0) is 17.5. The molecule has 1 unspecified atom stereocenters. The Balaban J connectivity index is 1.88. The zero-order valence-electron chi connectivity index (χ0n) is 14.5. The highest BCUT2D eigenvalue weighted by Crippen LogP contribution is 2.27. The lowest BCUT2D eigenvalue weighted by molar-refractivity contribution is -0.144. The molecule has 0 aliphatic carbocycles. The minimum absolute atomic E-state index is 0.227. The van der Waals surface area contributed by atoms with Gasteiger partial charge in [-0.05, 0) is 12.1 Å². The number of nitrogens with one attached hydrogen (secondary N) is 1. The molecule has 2 rings (SSSR count). The minimum Gasteiger partial charge on any atom is -0.506 e. The second-order valence-electron chi connectivity index (χ2n) is 5.82. The van der Waals surface area contributed by atoms with E-state index in [2.05, 4.69) is 20.1 Å². The van der Waals surface area contributed by atoms with Crippen molar-refractivity contribution in [3.05, 3.63) is 24.3 Å². The maximum absolute atomic E-state index is 11.5. The van der Waals surface area contributed by atoms with Crippen LogP contribution in [0.25, 0.3) is 0 Å². The summed E-state index contributed by atoms with van der Waals surface area (Å²) in [4.78, 5) is 20.1. The summed E-state index contributed by atoms with van der Waals surface area (Å²) < 4.78 is 4.73. The number of hydrogen-bond acceptors (Lipinski definition) is 5. The van der Waals surface area contributed by atoms with E-state index in [1.165, 1.54) is 7.11 Å². The Bertz CT molecular complexity index is 583. The highest BCUT2D eigenvalue weighted by Gasteiger charge is 2.22. The van der Waals surface area contributed by atoms with Crippen LogP contribution in [0.2, 0.25) is 0 Å². The maximum atomic E-state index is 11.5. The van der Waals surface area contributed by atoms with Gasteiger partial charge in [0.15, 0.2) is 5.96 Å². The Hall–Kier alpha value is -2.44. The summed E-state index contributed by atoms with van der Waals surface area (Å²) in [6, 6.07) is 7.38. The lowest BCUT2D eigenvalue weighted by Gasteiger charge is -2.38. The normalized spacial score (nSPS) is 16.7. The van der Waals surface area contributed by atoms with Crippen LogP contribution in [0.15, 0.2) is 29.3 Å². The SMILES string of the molecule is CN=C(NCC(C)C(=O)OC)N1CCN(c2ccccc2O)CC1. The molecule has 1 aromatic carbocycles. The molecule has 7 nitrogen and oxygen atoms in total. The standard InChI is InChI=1S/C17H26N4O3/c1-13(16(23)24-3)12-19-17(18-2)21-10-8-20(9-11-21)14-6-4-5-7-15(14)22/h4-7,13,22H,8-12H2,1-3H3,(H,18,19). The number of anilines is 1. The van der Waals surface area contributed by atoms with Crippen molar-refractivity contribution in [2.24, 2.45) is 10.9 Å². The van der Waals surface area contributed by atoms with Crippen LogP contribution in [0.4, 0.5) is 5.69 Å².